The van der Waals surface area contributed by atoms with E-state index in [-0.39, 0.29) is 12.5 Å². The molecule has 0 bridgehead atoms. The number of fused-ring (bicyclic) bond motifs is 1. The molecule has 12 heteroatoms. The Morgan fingerprint density at radius 3 is 2.27 bits per heavy atom. The zero-order valence-electron chi connectivity index (χ0n) is 22.0. The van der Waals surface area contributed by atoms with E-state index in [9.17, 15) is 22.8 Å². The fourth-order valence-electron chi connectivity index (χ4n) is 5.03. The van der Waals surface area contributed by atoms with Crippen LogP contribution in [-0.4, -0.2) is 56.9 Å². The topological polar surface area (TPSA) is 121 Å². The number of hydrogen-bond acceptors (Lipinski definition) is 5. The van der Waals surface area contributed by atoms with Gasteiger partial charge in [0.25, 0.3) is 0 Å². The smallest absolute Gasteiger partial charge is 0.475 e. The van der Waals surface area contributed by atoms with Gasteiger partial charge in [0, 0.05) is 25.0 Å². The molecule has 40 heavy (non-hydrogen) atoms. The number of likely N-dealkylation sites (N-methyl/N-ethyl adjacent to an activating group) is 1. The molecule has 0 unspecified atom stereocenters. The maximum Gasteiger partial charge on any atom is 0.490 e. The molecule has 5 rings (SSSR count). The molecule has 2 aromatic heterocycles. The van der Waals surface area contributed by atoms with Gasteiger partial charge in [-0.1, -0.05) is 66.9 Å². The SMILES string of the molecule is CN(C)C(=O)Cn1c(-c2ccccc2)c(C2CCCCC2)c2ccc(-c3noc(=O)[nH]3)cc21.O=C(O)C(F)(F)F. The van der Waals surface area contributed by atoms with Crippen molar-refractivity contribution in [3.63, 3.8) is 0 Å². The average molecular weight is 559 g/mol. The van der Waals surface area contributed by atoms with Gasteiger partial charge in [-0.3, -0.25) is 14.3 Å². The number of benzene rings is 2. The van der Waals surface area contributed by atoms with Crippen LogP contribution in [0.1, 0.15) is 43.6 Å². The lowest BCUT2D eigenvalue weighted by molar-refractivity contribution is -0.192. The van der Waals surface area contributed by atoms with E-state index in [0.717, 1.165) is 40.6 Å². The number of aromatic nitrogens is 3. The van der Waals surface area contributed by atoms with Crippen molar-refractivity contribution in [3.8, 4) is 22.6 Å². The van der Waals surface area contributed by atoms with Crippen molar-refractivity contribution >= 4 is 22.8 Å². The monoisotopic (exact) mass is 558 g/mol. The van der Waals surface area contributed by atoms with Gasteiger partial charge in [-0.2, -0.15) is 13.2 Å². The van der Waals surface area contributed by atoms with Crippen LogP contribution in [0.3, 0.4) is 0 Å². The van der Waals surface area contributed by atoms with E-state index in [1.54, 1.807) is 19.0 Å². The highest BCUT2D eigenvalue weighted by Crippen LogP contribution is 2.44. The van der Waals surface area contributed by atoms with Gasteiger partial charge >= 0.3 is 17.9 Å². The molecule has 1 amide bonds. The molecule has 1 aliphatic carbocycles. The highest BCUT2D eigenvalue weighted by atomic mass is 19.4. The van der Waals surface area contributed by atoms with Gasteiger partial charge in [0.15, 0.2) is 5.82 Å². The Hall–Kier alpha value is -4.35. The van der Waals surface area contributed by atoms with Crippen LogP contribution in [0.2, 0.25) is 0 Å². The minimum absolute atomic E-state index is 0.0273. The van der Waals surface area contributed by atoms with Gasteiger partial charge < -0.3 is 14.6 Å². The number of carbonyl (C=O) groups excluding carboxylic acids is 1. The van der Waals surface area contributed by atoms with Gasteiger partial charge in [-0.15, -0.1) is 0 Å². The molecule has 212 valence electrons. The second-order valence-corrected chi connectivity index (χ2v) is 9.82. The van der Waals surface area contributed by atoms with Crippen molar-refractivity contribution in [2.45, 2.75) is 50.7 Å². The summed E-state index contributed by atoms with van der Waals surface area (Å²) >= 11 is 0. The van der Waals surface area contributed by atoms with Crippen LogP contribution in [0.15, 0.2) is 57.8 Å². The average Bonchev–Trinajstić information content (AvgIpc) is 3.50. The predicted molar refractivity (Wildman–Crippen MR) is 142 cm³/mol. The van der Waals surface area contributed by atoms with Crippen molar-refractivity contribution in [1.82, 2.24) is 19.6 Å². The predicted octanol–water partition coefficient (Wildman–Crippen LogP) is 5.42. The van der Waals surface area contributed by atoms with E-state index >= 15 is 0 Å². The molecular weight excluding hydrogens is 529 g/mol. The molecular formula is C28H29F3N4O5. The number of aromatic amines is 1. The third kappa shape index (κ3) is 6.27. The van der Waals surface area contributed by atoms with Crippen molar-refractivity contribution in [1.29, 1.82) is 0 Å². The number of carbonyl (C=O) groups is 2. The molecule has 1 aliphatic rings. The Labute approximate surface area is 227 Å². The van der Waals surface area contributed by atoms with Crippen LogP contribution in [0.5, 0.6) is 0 Å². The Morgan fingerprint density at radius 2 is 1.73 bits per heavy atom. The fourth-order valence-corrected chi connectivity index (χ4v) is 5.03. The first-order valence-corrected chi connectivity index (χ1v) is 12.8. The molecule has 2 heterocycles. The van der Waals surface area contributed by atoms with Crippen LogP contribution >= 0.6 is 0 Å². The first-order chi connectivity index (χ1) is 19.0. The van der Waals surface area contributed by atoms with Crippen LogP contribution in [0.4, 0.5) is 13.2 Å². The first-order valence-electron chi connectivity index (χ1n) is 12.8. The summed E-state index contributed by atoms with van der Waals surface area (Å²) in [6.07, 6.45) is 0.942. The van der Waals surface area contributed by atoms with Gasteiger partial charge in [0.1, 0.15) is 6.54 Å². The maximum absolute atomic E-state index is 12.9. The summed E-state index contributed by atoms with van der Waals surface area (Å²) in [6.45, 7) is 0.235. The molecule has 0 radical (unpaired) electrons. The third-order valence-electron chi connectivity index (χ3n) is 6.91. The van der Waals surface area contributed by atoms with Gasteiger partial charge in [-0.25, -0.2) is 9.59 Å². The number of aliphatic carboxylic acids is 1. The number of alkyl halides is 3. The number of rotatable bonds is 5. The Morgan fingerprint density at radius 1 is 1.07 bits per heavy atom. The molecule has 0 aliphatic heterocycles. The van der Waals surface area contributed by atoms with E-state index in [4.69, 9.17) is 14.4 Å². The molecule has 2 N–H and O–H groups in total. The van der Waals surface area contributed by atoms with E-state index < -0.39 is 17.9 Å². The number of hydrogen-bond donors (Lipinski definition) is 2. The summed E-state index contributed by atoms with van der Waals surface area (Å²) in [6, 6.07) is 16.4. The lowest BCUT2D eigenvalue weighted by Gasteiger charge is -2.24. The molecule has 9 nitrogen and oxygen atoms in total. The Balaban J connectivity index is 0.000000470. The molecule has 2 aromatic carbocycles. The summed E-state index contributed by atoms with van der Waals surface area (Å²) in [7, 11) is 3.56. The lowest BCUT2D eigenvalue weighted by atomic mass is 9.82. The molecule has 0 saturated heterocycles. The first kappa shape index (κ1) is 28.7. The highest BCUT2D eigenvalue weighted by molar-refractivity contribution is 5.96. The van der Waals surface area contributed by atoms with E-state index in [1.165, 1.54) is 24.8 Å². The van der Waals surface area contributed by atoms with Gasteiger partial charge in [0.2, 0.25) is 5.91 Å². The van der Waals surface area contributed by atoms with Gasteiger partial charge in [-0.05, 0) is 36.0 Å². The lowest BCUT2D eigenvalue weighted by Crippen LogP contribution is -2.26. The third-order valence-corrected chi connectivity index (χ3v) is 6.91. The Bertz CT molecular complexity index is 1550. The van der Waals surface area contributed by atoms with Crippen molar-refractivity contribution in [3.05, 3.63) is 64.6 Å². The number of carboxylic acid groups (broad SMARTS) is 1. The van der Waals surface area contributed by atoms with E-state index in [1.807, 2.05) is 30.3 Å². The maximum atomic E-state index is 12.9. The zero-order chi connectivity index (χ0) is 29.0. The second kappa shape index (κ2) is 11.8. The van der Waals surface area contributed by atoms with E-state index in [2.05, 4.69) is 32.9 Å². The van der Waals surface area contributed by atoms with E-state index in [0.29, 0.717) is 11.7 Å². The number of carboxylic acids is 1. The van der Waals surface area contributed by atoms with Crippen molar-refractivity contribution < 1.29 is 32.4 Å². The number of nitrogens with one attached hydrogen (secondary N) is 1. The minimum Gasteiger partial charge on any atom is -0.475 e. The summed E-state index contributed by atoms with van der Waals surface area (Å²) in [5.41, 5.74) is 5.25. The van der Waals surface area contributed by atoms with Crippen LogP contribution in [-0.2, 0) is 16.1 Å². The highest BCUT2D eigenvalue weighted by Gasteiger charge is 2.38. The molecule has 0 spiro atoms. The number of nitrogens with zero attached hydrogens (tertiary/aromatic N) is 3. The summed E-state index contributed by atoms with van der Waals surface area (Å²) in [4.78, 5) is 37.6. The number of H-pyrrole nitrogens is 1. The van der Waals surface area contributed by atoms with Crippen LogP contribution in [0, 0.1) is 0 Å². The molecule has 1 fully saturated rings. The molecule has 0 atom stereocenters. The normalized spacial score (nSPS) is 14.0. The Kier molecular flexibility index (Phi) is 8.46. The van der Waals surface area contributed by atoms with Gasteiger partial charge in [0.05, 0.1) is 11.2 Å². The molecule has 4 aromatic rings. The number of amides is 1. The largest absolute Gasteiger partial charge is 0.490 e. The minimum atomic E-state index is -5.08. The number of halogens is 3. The fraction of sp³-hybridized carbons (Fsp3) is 0.357. The summed E-state index contributed by atoms with van der Waals surface area (Å²) in [5, 5.41) is 12.1. The van der Waals surface area contributed by atoms with Crippen molar-refractivity contribution in [2.24, 2.45) is 0 Å². The van der Waals surface area contributed by atoms with Crippen LogP contribution in [0.25, 0.3) is 33.5 Å². The summed E-state index contributed by atoms with van der Waals surface area (Å²) < 4.78 is 38.6. The quantitative estimate of drug-likeness (QED) is 0.337. The van der Waals surface area contributed by atoms with Crippen molar-refractivity contribution in [2.75, 3.05) is 14.1 Å². The molecule has 1 saturated carbocycles. The standard InChI is InChI=1S/C26H28N4O3.C2HF3O2/c1-29(2)22(31)16-30-21-15-19(25-27-26(32)33-28-25)13-14-20(21)23(17-9-5-3-6-10-17)24(30)18-11-7-4-8-12-18;3-2(4,5)1(6)7/h4,7-8,11-15,17H,3,5-6,9-10,16H2,1-2H3,(H,27,28,32);(H,6,7). The van der Waals surface area contributed by atoms with Crippen LogP contribution < -0.4 is 5.76 Å². The summed E-state index contributed by atoms with van der Waals surface area (Å²) in [5.74, 6) is -2.48. The zero-order valence-corrected chi connectivity index (χ0v) is 22.0. The second-order valence-electron chi connectivity index (χ2n) is 9.82.